The molecule has 0 aromatic heterocycles. The summed E-state index contributed by atoms with van der Waals surface area (Å²) in [6.45, 7) is 2.02. The zero-order chi connectivity index (χ0) is 10.3. The Labute approximate surface area is 92.8 Å². The lowest BCUT2D eigenvalue weighted by Gasteiger charge is -2.13. The topological polar surface area (TPSA) is 52.0 Å². The maximum absolute atomic E-state index is 6.13. The molecule has 14 heavy (non-hydrogen) atoms. The molecule has 0 bridgehead atoms. The Hall–Kier alpha value is -0.540. The third-order valence-corrected chi connectivity index (χ3v) is 3.53. The van der Waals surface area contributed by atoms with E-state index in [0.717, 1.165) is 15.7 Å². The summed E-state index contributed by atoms with van der Waals surface area (Å²) in [6, 6.07) is 4.33. The van der Waals surface area contributed by atoms with E-state index in [9.17, 15) is 0 Å². The first-order chi connectivity index (χ1) is 6.59. The van der Waals surface area contributed by atoms with Crippen LogP contribution in [0.25, 0.3) is 0 Å². The Balaban J connectivity index is 2.34. The highest BCUT2D eigenvalue weighted by atomic mass is 79.9. The van der Waals surface area contributed by atoms with Crippen molar-refractivity contribution >= 4 is 21.6 Å². The standard InChI is InChI=1S/C11H15BrN2/c1-6-4-8(5-9(12)10(6)13)11(14)7-2-3-7/h4-5,7,11H,2-3,13-14H2,1H3/t11-/m0/s1. The van der Waals surface area contributed by atoms with Crippen LogP contribution in [0.3, 0.4) is 0 Å². The van der Waals surface area contributed by atoms with Gasteiger partial charge in [0.1, 0.15) is 0 Å². The van der Waals surface area contributed by atoms with Gasteiger partial charge in [-0.3, -0.25) is 0 Å². The van der Waals surface area contributed by atoms with Crippen LogP contribution in [0.15, 0.2) is 16.6 Å². The van der Waals surface area contributed by atoms with E-state index in [2.05, 4.69) is 22.0 Å². The second kappa shape index (κ2) is 3.55. The van der Waals surface area contributed by atoms with Crippen LogP contribution in [0.1, 0.15) is 30.0 Å². The highest BCUT2D eigenvalue weighted by molar-refractivity contribution is 9.10. The van der Waals surface area contributed by atoms with Gasteiger partial charge < -0.3 is 11.5 Å². The maximum atomic E-state index is 6.13. The second-order valence-corrected chi connectivity index (χ2v) is 4.95. The number of nitrogens with two attached hydrogens (primary N) is 2. The molecule has 0 radical (unpaired) electrons. The average molecular weight is 255 g/mol. The van der Waals surface area contributed by atoms with Crippen molar-refractivity contribution in [3.63, 3.8) is 0 Å². The highest BCUT2D eigenvalue weighted by Gasteiger charge is 2.29. The van der Waals surface area contributed by atoms with Crippen LogP contribution in [0.5, 0.6) is 0 Å². The fourth-order valence-electron chi connectivity index (χ4n) is 1.70. The van der Waals surface area contributed by atoms with Gasteiger partial charge in [0.25, 0.3) is 0 Å². The predicted octanol–water partition coefficient (Wildman–Crippen LogP) is 2.75. The number of hydrogen-bond donors (Lipinski definition) is 2. The van der Waals surface area contributed by atoms with Crippen LogP contribution < -0.4 is 11.5 Å². The summed E-state index contributed by atoms with van der Waals surface area (Å²) in [7, 11) is 0. The normalized spacial score (nSPS) is 18.2. The lowest BCUT2D eigenvalue weighted by molar-refractivity contribution is 0.633. The summed E-state index contributed by atoms with van der Waals surface area (Å²) >= 11 is 3.45. The number of halogens is 1. The summed E-state index contributed by atoms with van der Waals surface area (Å²) in [5.74, 6) is 0.685. The fraction of sp³-hybridized carbons (Fsp3) is 0.455. The van der Waals surface area contributed by atoms with E-state index < -0.39 is 0 Å². The van der Waals surface area contributed by atoms with Crippen LogP contribution in [-0.2, 0) is 0 Å². The van der Waals surface area contributed by atoms with Gasteiger partial charge >= 0.3 is 0 Å². The minimum atomic E-state index is 0.186. The van der Waals surface area contributed by atoms with E-state index >= 15 is 0 Å². The molecule has 0 spiro atoms. The van der Waals surface area contributed by atoms with Crippen molar-refractivity contribution in [3.8, 4) is 0 Å². The second-order valence-electron chi connectivity index (χ2n) is 4.10. The van der Waals surface area contributed by atoms with Crippen LogP contribution in [0.2, 0.25) is 0 Å². The van der Waals surface area contributed by atoms with Crippen LogP contribution in [-0.4, -0.2) is 0 Å². The summed E-state index contributed by atoms with van der Waals surface area (Å²) < 4.78 is 0.962. The van der Waals surface area contributed by atoms with Crippen molar-refractivity contribution in [1.82, 2.24) is 0 Å². The largest absolute Gasteiger partial charge is 0.398 e. The number of rotatable bonds is 2. The van der Waals surface area contributed by atoms with E-state index in [1.54, 1.807) is 0 Å². The monoisotopic (exact) mass is 254 g/mol. The molecule has 1 fully saturated rings. The minimum absolute atomic E-state index is 0.186. The summed E-state index contributed by atoms with van der Waals surface area (Å²) in [5.41, 5.74) is 15.1. The van der Waals surface area contributed by atoms with Crippen molar-refractivity contribution in [1.29, 1.82) is 0 Å². The first-order valence-corrected chi connectivity index (χ1v) is 5.70. The van der Waals surface area contributed by atoms with E-state index in [-0.39, 0.29) is 6.04 Å². The highest BCUT2D eigenvalue weighted by Crippen LogP contribution is 2.40. The molecule has 0 aliphatic heterocycles. The fourth-order valence-corrected chi connectivity index (χ4v) is 2.28. The van der Waals surface area contributed by atoms with E-state index in [1.807, 2.05) is 13.0 Å². The lowest BCUT2D eigenvalue weighted by atomic mass is 10.0. The van der Waals surface area contributed by atoms with E-state index in [4.69, 9.17) is 11.5 Å². The summed E-state index contributed by atoms with van der Waals surface area (Å²) in [4.78, 5) is 0. The van der Waals surface area contributed by atoms with Crippen LogP contribution >= 0.6 is 15.9 Å². The summed E-state index contributed by atoms with van der Waals surface area (Å²) in [5, 5.41) is 0. The number of benzene rings is 1. The molecule has 1 atom stereocenters. The molecule has 3 heteroatoms. The Morgan fingerprint density at radius 2 is 2.07 bits per heavy atom. The molecule has 1 saturated carbocycles. The van der Waals surface area contributed by atoms with E-state index in [1.165, 1.54) is 18.4 Å². The minimum Gasteiger partial charge on any atom is -0.398 e. The molecule has 2 nitrogen and oxygen atoms in total. The lowest BCUT2D eigenvalue weighted by Crippen LogP contribution is -2.12. The van der Waals surface area contributed by atoms with Crippen molar-refractivity contribution in [2.45, 2.75) is 25.8 Å². The molecule has 1 aromatic carbocycles. The first kappa shape index (κ1) is 9.99. The van der Waals surface area contributed by atoms with Gasteiger partial charge in [0, 0.05) is 16.2 Å². The molecule has 1 aliphatic carbocycles. The third kappa shape index (κ3) is 1.79. The van der Waals surface area contributed by atoms with Crippen molar-refractivity contribution in [3.05, 3.63) is 27.7 Å². The molecule has 4 N–H and O–H groups in total. The molecule has 0 saturated heterocycles. The zero-order valence-electron chi connectivity index (χ0n) is 8.26. The molecule has 1 aromatic rings. The Kier molecular flexibility index (Phi) is 2.54. The van der Waals surface area contributed by atoms with Crippen LogP contribution in [0, 0.1) is 12.8 Å². The zero-order valence-corrected chi connectivity index (χ0v) is 9.84. The molecule has 76 valence electrons. The number of aryl methyl sites for hydroxylation is 1. The van der Waals surface area contributed by atoms with Gasteiger partial charge in [-0.15, -0.1) is 0 Å². The number of hydrogen-bond acceptors (Lipinski definition) is 2. The SMILES string of the molecule is Cc1cc([C@@H](N)C2CC2)cc(Br)c1N. The van der Waals surface area contributed by atoms with E-state index in [0.29, 0.717) is 5.92 Å². The van der Waals surface area contributed by atoms with Crippen molar-refractivity contribution < 1.29 is 0 Å². The van der Waals surface area contributed by atoms with Gasteiger partial charge in [0.05, 0.1) is 0 Å². The van der Waals surface area contributed by atoms with Gasteiger partial charge in [-0.2, -0.15) is 0 Å². The summed E-state index contributed by atoms with van der Waals surface area (Å²) in [6.07, 6.45) is 2.53. The average Bonchev–Trinajstić information content (AvgIpc) is 2.95. The molecule has 0 unspecified atom stereocenters. The Bertz CT molecular complexity index is 335. The Morgan fingerprint density at radius 1 is 1.43 bits per heavy atom. The molecule has 0 amide bonds. The predicted molar refractivity (Wildman–Crippen MR) is 62.9 cm³/mol. The molecule has 2 rings (SSSR count). The van der Waals surface area contributed by atoms with Crippen molar-refractivity contribution in [2.75, 3.05) is 5.73 Å². The van der Waals surface area contributed by atoms with Crippen molar-refractivity contribution in [2.24, 2.45) is 11.7 Å². The Morgan fingerprint density at radius 3 is 2.57 bits per heavy atom. The molecular weight excluding hydrogens is 240 g/mol. The van der Waals surface area contributed by atoms with Gasteiger partial charge in [-0.1, -0.05) is 6.07 Å². The molecular formula is C11H15BrN2. The quantitative estimate of drug-likeness (QED) is 0.798. The number of nitrogen functional groups attached to an aromatic ring is 1. The smallest absolute Gasteiger partial charge is 0.0488 e. The van der Waals surface area contributed by atoms with Crippen LogP contribution in [0.4, 0.5) is 5.69 Å². The first-order valence-electron chi connectivity index (χ1n) is 4.90. The van der Waals surface area contributed by atoms with Gasteiger partial charge in [0.2, 0.25) is 0 Å². The van der Waals surface area contributed by atoms with Gasteiger partial charge in [-0.05, 0) is 58.8 Å². The maximum Gasteiger partial charge on any atom is 0.0488 e. The van der Waals surface area contributed by atoms with Gasteiger partial charge in [0.15, 0.2) is 0 Å². The van der Waals surface area contributed by atoms with Gasteiger partial charge in [-0.25, -0.2) is 0 Å². The number of anilines is 1. The third-order valence-electron chi connectivity index (χ3n) is 2.87. The molecule has 0 heterocycles. The molecule has 1 aliphatic rings.